The molecule has 1 aromatic rings. The smallest absolute Gasteiger partial charge is 0.273 e. The molecule has 0 aromatic heterocycles. The second-order valence-corrected chi connectivity index (χ2v) is 6.00. The van der Waals surface area contributed by atoms with Crippen LogP contribution in [0.5, 0.6) is 0 Å². The third kappa shape index (κ3) is 3.47. The van der Waals surface area contributed by atoms with Gasteiger partial charge in [-0.15, -0.1) is 0 Å². The van der Waals surface area contributed by atoms with Gasteiger partial charge in [-0.3, -0.25) is 19.4 Å². The van der Waals surface area contributed by atoms with E-state index in [4.69, 9.17) is 16.3 Å². The summed E-state index contributed by atoms with van der Waals surface area (Å²) in [6.07, 6.45) is 0.740. The van der Waals surface area contributed by atoms with Crippen molar-refractivity contribution < 1.29 is 14.3 Å². The molecule has 2 amide bonds. The minimum atomic E-state index is -0.391. The van der Waals surface area contributed by atoms with Gasteiger partial charge in [-0.05, 0) is 12.0 Å². The molecule has 2 heterocycles. The normalized spacial score (nSPS) is 19.8. The van der Waals surface area contributed by atoms with Crippen LogP contribution in [0.1, 0.15) is 12.0 Å². The highest BCUT2D eigenvalue weighted by molar-refractivity contribution is 6.55. The fourth-order valence-electron chi connectivity index (χ4n) is 2.88. The van der Waals surface area contributed by atoms with Gasteiger partial charge in [0.2, 0.25) is 0 Å². The first-order chi connectivity index (χ1) is 11.2. The number of hydrogen-bond donors (Lipinski definition) is 0. The minimum absolute atomic E-state index is 0.0209. The largest absolute Gasteiger partial charge is 0.379 e. The molecule has 2 aliphatic rings. The molecule has 0 N–H and O–H groups in total. The van der Waals surface area contributed by atoms with Gasteiger partial charge in [-0.1, -0.05) is 41.9 Å². The molecule has 0 atom stereocenters. The van der Waals surface area contributed by atoms with Crippen LogP contribution >= 0.6 is 11.6 Å². The van der Waals surface area contributed by atoms with Crippen molar-refractivity contribution in [2.24, 2.45) is 0 Å². The number of ether oxygens (including phenoxy) is 1. The van der Waals surface area contributed by atoms with Crippen molar-refractivity contribution in [3.05, 3.63) is 40.9 Å². The van der Waals surface area contributed by atoms with Crippen molar-refractivity contribution in [3.63, 3.8) is 0 Å². The van der Waals surface area contributed by atoms with Gasteiger partial charge in [-0.25, -0.2) is 0 Å². The third-order valence-electron chi connectivity index (χ3n) is 4.13. The average molecular weight is 335 g/mol. The Morgan fingerprint density at radius 1 is 1.00 bits per heavy atom. The number of imide groups is 1. The molecular weight excluding hydrogens is 316 g/mol. The molecule has 1 aromatic carbocycles. The Kier molecular flexibility index (Phi) is 5.10. The van der Waals surface area contributed by atoms with Gasteiger partial charge in [0.1, 0.15) is 5.03 Å². The van der Waals surface area contributed by atoms with E-state index in [1.54, 1.807) is 12.1 Å². The van der Waals surface area contributed by atoms with E-state index in [1.807, 2.05) is 18.2 Å². The predicted molar refractivity (Wildman–Crippen MR) is 87.8 cm³/mol. The number of halogens is 1. The van der Waals surface area contributed by atoms with Gasteiger partial charge < -0.3 is 4.74 Å². The fraction of sp³-hybridized carbons (Fsp3) is 0.412. The van der Waals surface area contributed by atoms with Gasteiger partial charge in [0.05, 0.1) is 18.8 Å². The topological polar surface area (TPSA) is 49.9 Å². The van der Waals surface area contributed by atoms with E-state index in [2.05, 4.69) is 4.90 Å². The molecule has 0 radical (unpaired) electrons. The van der Waals surface area contributed by atoms with E-state index in [9.17, 15) is 9.59 Å². The lowest BCUT2D eigenvalue weighted by Crippen LogP contribution is -2.39. The zero-order chi connectivity index (χ0) is 16.2. The van der Waals surface area contributed by atoms with Crippen LogP contribution in [-0.4, -0.2) is 61.0 Å². The lowest BCUT2D eigenvalue weighted by molar-refractivity contribution is -0.136. The Morgan fingerprint density at radius 2 is 1.70 bits per heavy atom. The standard InChI is InChI=1S/C17H19ClN2O3/c18-15-14(13-5-2-1-3-6-13)16(21)20(17(15)22)8-4-7-19-9-11-23-12-10-19/h1-3,5-6H,4,7-12H2. The molecule has 1 fully saturated rings. The van der Waals surface area contributed by atoms with Crippen LogP contribution in [0.3, 0.4) is 0 Å². The van der Waals surface area contributed by atoms with E-state index in [-0.39, 0.29) is 10.9 Å². The maximum absolute atomic E-state index is 12.5. The number of morpholine rings is 1. The summed E-state index contributed by atoms with van der Waals surface area (Å²) in [6, 6.07) is 9.09. The van der Waals surface area contributed by atoms with Crippen LogP contribution in [0.15, 0.2) is 35.4 Å². The molecule has 122 valence electrons. The number of rotatable bonds is 5. The Balaban J connectivity index is 1.62. The van der Waals surface area contributed by atoms with E-state index in [0.29, 0.717) is 17.7 Å². The minimum Gasteiger partial charge on any atom is -0.379 e. The van der Waals surface area contributed by atoms with Crippen molar-refractivity contribution in [1.82, 2.24) is 9.80 Å². The summed E-state index contributed by atoms with van der Waals surface area (Å²) < 4.78 is 5.31. The molecule has 0 unspecified atom stereocenters. The van der Waals surface area contributed by atoms with E-state index in [0.717, 1.165) is 39.3 Å². The summed E-state index contributed by atoms with van der Waals surface area (Å²) in [7, 11) is 0. The average Bonchev–Trinajstić information content (AvgIpc) is 2.80. The number of carbonyl (C=O) groups is 2. The molecule has 0 bridgehead atoms. The molecule has 0 spiro atoms. The fourth-order valence-corrected chi connectivity index (χ4v) is 3.17. The van der Waals surface area contributed by atoms with E-state index in [1.165, 1.54) is 4.90 Å². The first kappa shape index (κ1) is 16.2. The highest BCUT2D eigenvalue weighted by atomic mass is 35.5. The molecule has 23 heavy (non-hydrogen) atoms. The number of hydrogen-bond acceptors (Lipinski definition) is 4. The lowest BCUT2D eigenvalue weighted by atomic mass is 10.1. The van der Waals surface area contributed by atoms with Gasteiger partial charge in [-0.2, -0.15) is 0 Å². The first-order valence-corrected chi connectivity index (χ1v) is 8.18. The molecule has 1 saturated heterocycles. The Morgan fingerprint density at radius 3 is 2.39 bits per heavy atom. The summed E-state index contributed by atoms with van der Waals surface area (Å²) in [4.78, 5) is 28.3. The summed E-state index contributed by atoms with van der Waals surface area (Å²) in [6.45, 7) is 4.52. The van der Waals surface area contributed by atoms with Gasteiger partial charge in [0, 0.05) is 26.2 Å². The SMILES string of the molecule is O=C1C(Cl)=C(c2ccccc2)C(=O)N1CCCN1CCOCC1. The number of amides is 2. The first-order valence-electron chi connectivity index (χ1n) is 7.80. The predicted octanol–water partition coefficient (Wildman–Crippen LogP) is 1.73. The molecule has 5 nitrogen and oxygen atoms in total. The zero-order valence-electron chi connectivity index (χ0n) is 12.8. The lowest BCUT2D eigenvalue weighted by Gasteiger charge is -2.27. The van der Waals surface area contributed by atoms with Crippen LogP contribution in [0.2, 0.25) is 0 Å². The van der Waals surface area contributed by atoms with Crippen LogP contribution in [-0.2, 0) is 14.3 Å². The highest BCUT2D eigenvalue weighted by Gasteiger charge is 2.37. The van der Waals surface area contributed by atoms with Crippen molar-refractivity contribution in [3.8, 4) is 0 Å². The van der Waals surface area contributed by atoms with Crippen LogP contribution in [0, 0.1) is 0 Å². The Hall–Kier alpha value is -1.69. The van der Waals surface area contributed by atoms with Gasteiger partial charge in [0.15, 0.2) is 0 Å². The van der Waals surface area contributed by atoms with E-state index < -0.39 is 5.91 Å². The molecule has 2 aliphatic heterocycles. The second-order valence-electron chi connectivity index (χ2n) is 5.62. The maximum Gasteiger partial charge on any atom is 0.273 e. The molecule has 0 saturated carbocycles. The maximum atomic E-state index is 12.5. The van der Waals surface area contributed by atoms with Crippen molar-refractivity contribution >= 4 is 29.0 Å². The monoisotopic (exact) mass is 334 g/mol. The molecule has 0 aliphatic carbocycles. The van der Waals surface area contributed by atoms with Gasteiger partial charge in [0.25, 0.3) is 11.8 Å². The number of carbonyl (C=O) groups excluding carboxylic acids is 2. The van der Waals surface area contributed by atoms with Crippen LogP contribution in [0.4, 0.5) is 0 Å². The molecule has 6 heteroatoms. The quantitative estimate of drug-likeness (QED) is 0.769. The van der Waals surface area contributed by atoms with E-state index >= 15 is 0 Å². The number of benzene rings is 1. The molecule has 3 rings (SSSR count). The van der Waals surface area contributed by atoms with Crippen molar-refractivity contribution in [2.45, 2.75) is 6.42 Å². The van der Waals surface area contributed by atoms with Crippen molar-refractivity contribution in [1.29, 1.82) is 0 Å². The van der Waals surface area contributed by atoms with Crippen molar-refractivity contribution in [2.75, 3.05) is 39.4 Å². The summed E-state index contributed by atoms with van der Waals surface area (Å²) in [5, 5.41) is 0.0209. The summed E-state index contributed by atoms with van der Waals surface area (Å²) >= 11 is 6.12. The Labute approximate surface area is 140 Å². The Bertz CT molecular complexity index is 624. The number of nitrogens with zero attached hydrogens (tertiary/aromatic N) is 2. The summed E-state index contributed by atoms with van der Waals surface area (Å²) in [5.41, 5.74) is 0.996. The van der Waals surface area contributed by atoms with Crippen LogP contribution < -0.4 is 0 Å². The zero-order valence-corrected chi connectivity index (χ0v) is 13.6. The molecular formula is C17H19ClN2O3. The van der Waals surface area contributed by atoms with Gasteiger partial charge >= 0.3 is 0 Å². The third-order valence-corrected chi connectivity index (χ3v) is 4.48. The van der Waals surface area contributed by atoms with Crippen LogP contribution in [0.25, 0.3) is 5.57 Å². The highest BCUT2D eigenvalue weighted by Crippen LogP contribution is 2.31. The summed E-state index contributed by atoms with van der Waals surface area (Å²) in [5.74, 6) is -0.689. The second kappa shape index (κ2) is 7.25.